The van der Waals surface area contributed by atoms with Gasteiger partial charge in [0, 0.05) is 56.6 Å². The third kappa shape index (κ3) is 4.80. The lowest BCUT2D eigenvalue weighted by molar-refractivity contribution is 0.0478. The van der Waals surface area contributed by atoms with Crippen molar-refractivity contribution >= 4 is 5.97 Å². The summed E-state index contributed by atoms with van der Waals surface area (Å²) in [5.41, 5.74) is 4.96. The number of hydrogen-bond acceptors (Lipinski definition) is 10. The molecule has 0 unspecified atom stereocenters. The van der Waals surface area contributed by atoms with E-state index in [1.165, 1.54) is 11.0 Å². The highest BCUT2D eigenvalue weighted by Crippen LogP contribution is 2.29. The van der Waals surface area contributed by atoms with Crippen LogP contribution >= 0.6 is 0 Å². The van der Waals surface area contributed by atoms with Crippen LogP contribution in [0.5, 0.6) is 0 Å². The maximum atomic E-state index is 11.8. The fourth-order valence-corrected chi connectivity index (χ4v) is 4.86. The molecule has 1 aromatic carbocycles. The Labute approximate surface area is 202 Å². The monoisotopic (exact) mass is 479 g/mol. The number of cyclic esters (lactones) is 1. The Hall–Kier alpha value is -3.25. The van der Waals surface area contributed by atoms with Gasteiger partial charge in [-0.2, -0.15) is 4.68 Å². The number of tetrazole rings is 1. The van der Waals surface area contributed by atoms with E-state index >= 15 is 0 Å². The van der Waals surface area contributed by atoms with E-state index in [1.807, 2.05) is 26.0 Å². The summed E-state index contributed by atoms with van der Waals surface area (Å²) in [6, 6.07) is 5.44. The standard InChI is InChI=1S/C24H29N7O4/c1-15-9-23(31-14-26-27-28-31)25-10-19(15)22(33)12-30-7-5-29(6-8-30)11-21(32)17-3-4-18-20(16(17)2)13-35-24(18)34/h3-4,9-10,14,21-22,32-33H,5-8,11-13H2,1-2H3/t21-,22+/m0/s1. The second-order valence-corrected chi connectivity index (χ2v) is 9.17. The van der Waals surface area contributed by atoms with Gasteiger partial charge in [0.1, 0.15) is 12.9 Å². The van der Waals surface area contributed by atoms with Crippen molar-refractivity contribution in [2.45, 2.75) is 32.7 Å². The molecule has 2 aliphatic heterocycles. The second-order valence-electron chi connectivity index (χ2n) is 9.17. The minimum absolute atomic E-state index is 0.275. The third-order valence-corrected chi connectivity index (χ3v) is 6.97. The Morgan fingerprint density at radius 2 is 1.71 bits per heavy atom. The summed E-state index contributed by atoms with van der Waals surface area (Å²) in [6.45, 7) is 8.37. The van der Waals surface area contributed by atoms with Crippen molar-refractivity contribution in [1.82, 2.24) is 35.0 Å². The number of carbonyl (C=O) groups excluding carboxylic acids is 1. The molecule has 1 fully saturated rings. The van der Waals surface area contributed by atoms with Crippen LogP contribution in [-0.4, -0.2) is 90.4 Å². The summed E-state index contributed by atoms with van der Waals surface area (Å²) in [5, 5.41) is 32.8. The molecule has 3 aromatic rings. The molecule has 2 aliphatic rings. The van der Waals surface area contributed by atoms with E-state index in [9.17, 15) is 15.0 Å². The van der Waals surface area contributed by atoms with Crippen LogP contribution in [0.2, 0.25) is 0 Å². The van der Waals surface area contributed by atoms with E-state index in [1.54, 1.807) is 12.3 Å². The maximum Gasteiger partial charge on any atom is 0.338 e. The molecule has 11 heteroatoms. The maximum absolute atomic E-state index is 11.8. The molecule has 0 radical (unpaired) electrons. The van der Waals surface area contributed by atoms with Crippen molar-refractivity contribution in [3.63, 3.8) is 0 Å². The number of benzene rings is 1. The first-order valence-electron chi connectivity index (χ1n) is 11.7. The zero-order valence-corrected chi connectivity index (χ0v) is 19.8. The molecular weight excluding hydrogens is 450 g/mol. The summed E-state index contributed by atoms with van der Waals surface area (Å²) in [5.74, 6) is 0.310. The summed E-state index contributed by atoms with van der Waals surface area (Å²) < 4.78 is 6.61. The van der Waals surface area contributed by atoms with Gasteiger partial charge in [0.05, 0.1) is 17.8 Å². The summed E-state index contributed by atoms with van der Waals surface area (Å²) in [6.07, 6.45) is 1.87. The number of hydrogen-bond donors (Lipinski definition) is 2. The lowest BCUT2D eigenvalue weighted by Crippen LogP contribution is -2.48. The molecule has 5 rings (SSSR count). The Kier molecular flexibility index (Phi) is 6.56. The molecule has 11 nitrogen and oxygen atoms in total. The number of rotatable bonds is 7. The van der Waals surface area contributed by atoms with Crippen LogP contribution in [0.1, 0.15) is 50.4 Å². The van der Waals surface area contributed by atoms with E-state index < -0.39 is 12.2 Å². The zero-order chi connectivity index (χ0) is 24.5. The number of fused-ring (bicyclic) bond motifs is 1. The van der Waals surface area contributed by atoms with E-state index in [0.29, 0.717) is 24.5 Å². The Morgan fingerprint density at radius 3 is 2.34 bits per heavy atom. The minimum Gasteiger partial charge on any atom is -0.457 e. The fraction of sp³-hybridized carbons (Fsp3) is 0.458. The van der Waals surface area contributed by atoms with Crippen molar-refractivity contribution in [3.05, 3.63) is 64.1 Å². The Bertz CT molecular complexity index is 1210. The highest BCUT2D eigenvalue weighted by atomic mass is 16.5. The molecule has 0 spiro atoms. The molecule has 2 N–H and O–H groups in total. The number of esters is 1. The number of carbonyl (C=O) groups is 1. The van der Waals surface area contributed by atoms with E-state index in [0.717, 1.165) is 54.0 Å². The molecule has 0 aliphatic carbocycles. The molecule has 2 aromatic heterocycles. The molecule has 184 valence electrons. The van der Waals surface area contributed by atoms with Gasteiger partial charge in [-0.05, 0) is 53.1 Å². The van der Waals surface area contributed by atoms with Gasteiger partial charge < -0.3 is 14.9 Å². The molecule has 0 amide bonds. The van der Waals surface area contributed by atoms with Gasteiger partial charge in [0.2, 0.25) is 0 Å². The van der Waals surface area contributed by atoms with Crippen molar-refractivity contribution in [2.75, 3.05) is 39.3 Å². The van der Waals surface area contributed by atoms with Crippen molar-refractivity contribution in [3.8, 4) is 5.82 Å². The summed E-state index contributed by atoms with van der Waals surface area (Å²) in [7, 11) is 0. The van der Waals surface area contributed by atoms with Crippen LogP contribution in [0.3, 0.4) is 0 Å². The number of aliphatic hydroxyl groups excluding tert-OH is 2. The molecule has 1 saturated heterocycles. The van der Waals surface area contributed by atoms with Crippen molar-refractivity contribution in [2.24, 2.45) is 0 Å². The number of piperazine rings is 1. The van der Waals surface area contributed by atoms with Crippen LogP contribution in [-0.2, 0) is 11.3 Å². The fourth-order valence-electron chi connectivity index (χ4n) is 4.86. The van der Waals surface area contributed by atoms with Gasteiger partial charge in [-0.15, -0.1) is 5.10 Å². The van der Waals surface area contributed by atoms with Crippen LogP contribution < -0.4 is 0 Å². The summed E-state index contributed by atoms with van der Waals surface area (Å²) >= 11 is 0. The van der Waals surface area contributed by atoms with Gasteiger partial charge >= 0.3 is 5.97 Å². The van der Waals surface area contributed by atoms with Gasteiger partial charge in [-0.1, -0.05) is 6.07 Å². The van der Waals surface area contributed by atoms with Crippen LogP contribution in [0, 0.1) is 13.8 Å². The zero-order valence-electron chi connectivity index (χ0n) is 19.8. The highest BCUT2D eigenvalue weighted by molar-refractivity contribution is 5.93. The normalized spacial score (nSPS) is 18.3. The van der Waals surface area contributed by atoms with Crippen LogP contribution in [0.15, 0.2) is 30.7 Å². The first-order valence-corrected chi connectivity index (χ1v) is 11.7. The molecule has 0 saturated carbocycles. The number of ether oxygens (including phenoxy) is 1. The Morgan fingerprint density at radius 1 is 1.03 bits per heavy atom. The van der Waals surface area contributed by atoms with Crippen molar-refractivity contribution < 1.29 is 19.7 Å². The second kappa shape index (κ2) is 9.78. The van der Waals surface area contributed by atoms with Gasteiger partial charge in [-0.3, -0.25) is 9.80 Å². The van der Waals surface area contributed by atoms with Gasteiger partial charge in [0.15, 0.2) is 5.82 Å². The minimum atomic E-state index is -0.651. The molecule has 35 heavy (non-hydrogen) atoms. The predicted octanol–water partition coefficient (Wildman–Crippen LogP) is 0.729. The topological polar surface area (TPSA) is 130 Å². The van der Waals surface area contributed by atoms with E-state index in [-0.39, 0.29) is 12.6 Å². The highest BCUT2D eigenvalue weighted by Gasteiger charge is 2.27. The van der Waals surface area contributed by atoms with E-state index in [2.05, 4.69) is 30.3 Å². The van der Waals surface area contributed by atoms with Crippen molar-refractivity contribution in [1.29, 1.82) is 0 Å². The quantitative estimate of drug-likeness (QED) is 0.468. The molecule has 0 bridgehead atoms. The molecule has 2 atom stereocenters. The first kappa shape index (κ1) is 23.5. The largest absolute Gasteiger partial charge is 0.457 e. The molecule has 4 heterocycles. The van der Waals surface area contributed by atoms with Gasteiger partial charge in [0.25, 0.3) is 0 Å². The van der Waals surface area contributed by atoms with E-state index in [4.69, 9.17) is 4.74 Å². The van der Waals surface area contributed by atoms with Crippen LogP contribution in [0.4, 0.5) is 0 Å². The number of nitrogens with zero attached hydrogens (tertiary/aromatic N) is 7. The number of aryl methyl sites for hydroxylation is 1. The number of pyridine rings is 1. The average molecular weight is 480 g/mol. The van der Waals surface area contributed by atoms with Crippen LogP contribution in [0.25, 0.3) is 5.82 Å². The lowest BCUT2D eigenvalue weighted by atomic mass is 9.95. The molecular formula is C24H29N7O4. The van der Waals surface area contributed by atoms with Gasteiger partial charge in [-0.25, -0.2) is 9.78 Å². The Balaban J connectivity index is 1.14. The number of β-amino-alcohol motifs (C(OH)–C–C–N with tert-alkyl or cyclic N) is 2. The SMILES string of the molecule is Cc1cc(-n2cnnn2)ncc1[C@H](O)CN1CCN(C[C@H](O)c2ccc3c(c2C)COC3=O)CC1. The summed E-state index contributed by atoms with van der Waals surface area (Å²) in [4.78, 5) is 20.6. The first-order chi connectivity index (χ1) is 16.9. The number of aliphatic hydroxyl groups is 2. The smallest absolute Gasteiger partial charge is 0.338 e. The lowest BCUT2D eigenvalue weighted by Gasteiger charge is -2.36. The number of aromatic nitrogens is 5. The predicted molar refractivity (Wildman–Crippen MR) is 125 cm³/mol. The average Bonchev–Trinajstić information content (AvgIpc) is 3.51. The third-order valence-electron chi connectivity index (χ3n) is 6.97.